The number of rotatable bonds is 4. The highest BCUT2D eigenvalue weighted by atomic mass is 32.2. The smallest absolute Gasteiger partial charge is 0.240 e. The third-order valence-corrected chi connectivity index (χ3v) is 2.96. The number of para-hydroxylation sites is 1. The molecular formula is C9H13N3O3S. The van der Waals surface area contributed by atoms with Crippen molar-refractivity contribution in [2.45, 2.75) is 17.9 Å². The maximum absolute atomic E-state index is 11.2. The van der Waals surface area contributed by atoms with Gasteiger partial charge in [-0.1, -0.05) is 12.1 Å². The number of sulfonamides is 1. The maximum Gasteiger partial charge on any atom is 0.240 e. The Bertz CT molecular complexity index is 498. The van der Waals surface area contributed by atoms with Crippen LogP contribution in [0.3, 0.4) is 0 Å². The van der Waals surface area contributed by atoms with E-state index in [9.17, 15) is 13.2 Å². The fourth-order valence-corrected chi connectivity index (χ4v) is 1.84. The largest absolute Gasteiger partial charge is 0.373 e. The number of nitrogens with two attached hydrogens (primary N) is 2. The molecule has 0 aliphatic rings. The highest BCUT2D eigenvalue weighted by Crippen LogP contribution is 2.19. The SMILES string of the molecule is CC(Nc1ccccc1S(N)(=O)=O)C(N)=O. The van der Waals surface area contributed by atoms with Crippen LogP contribution in [0.25, 0.3) is 0 Å². The number of primary sulfonamides is 1. The van der Waals surface area contributed by atoms with E-state index in [4.69, 9.17) is 10.9 Å². The molecule has 0 aliphatic heterocycles. The van der Waals surface area contributed by atoms with Gasteiger partial charge in [-0.3, -0.25) is 4.79 Å². The summed E-state index contributed by atoms with van der Waals surface area (Å²) in [4.78, 5) is 10.8. The third-order valence-electron chi connectivity index (χ3n) is 1.99. The summed E-state index contributed by atoms with van der Waals surface area (Å²) in [5.41, 5.74) is 5.32. The van der Waals surface area contributed by atoms with Crippen LogP contribution in [0.1, 0.15) is 6.92 Å². The summed E-state index contributed by atoms with van der Waals surface area (Å²) in [6, 6.07) is 5.36. The lowest BCUT2D eigenvalue weighted by Gasteiger charge is -2.14. The molecule has 0 fully saturated rings. The average Bonchev–Trinajstić information content (AvgIpc) is 2.16. The second-order valence-electron chi connectivity index (χ2n) is 3.31. The van der Waals surface area contributed by atoms with Gasteiger partial charge in [-0.05, 0) is 19.1 Å². The Morgan fingerprint density at radius 1 is 1.38 bits per heavy atom. The molecule has 0 radical (unpaired) electrons. The average molecular weight is 243 g/mol. The molecule has 1 rings (SSSR count). The van der Waals surface area contributed by atoms with Gasteiger partial charge < -0.3 is 11.1 Å². The van der Waals surface area contributed by atoms with Crippen LogP contribution in [0.4, 0.5) is 5.69 Å². The summed E-state index contributed by atoms with van der Waals surface area (Å²) in [6.45, 7) is 1.53. The molecule has 16 heavy (non-hydrogen) atoms. The summed E-state index contributed by atoms with van der Waals surface area (Å²) in [5.74, 6) is -0.579. The van der Waals surface area contributed by atoms with E-state index in [2.05, 4.69) is 5.32 Å². The molecule has 6 nitrogen and oxygen atoms in total. The molecule has 0 spiro atoms. The van der Waals surface area contributed by atoms with Crippen LogP contribution in [0.5, 0.6) is 0 Å². The van der Waals surface area contributed by atoms with Crippen molar-refractivity contribution in [2.24, 2.45) is 10.9 Å². The normalized spacial score (nSPS) is 13.1. The van der Waals surface area contributed by atoms with Gasteiger partial charge in [0.05, 0.1) is 5.69 Å². The monoisotopic (exact) mass is 243 g/mol. The first-order chi connectivity index (χ1) is 7.32. The zero-order valence-corrected chi connectivity index (χ0v) is 9.49. The van der Waals surface area contributed by atoms with Crippen molar-refractivity contribution < 1.29 is 13.2 Å². The van der Waals surface area contributed by atoms with Crippen LogP contribution in [-0.2, 0) is 14.8 Å². The Labute approximate surface area is 93.7 Å². The van der Waals surface area contributed by atoms with Gasteiger partial charge >= 0.3 is 0 Å². The fraction of sp³-hybridized carbons (Fsp3) is 0.222. The van der Waals surface area contributed by atoms with Crippen molar-refractivity contribution in [3.05, 3.63) is 24.3 Å². The van der Waals surface area contributed by atoms with E-state index in [1.54, 1.807) is 12.1 Å². The molecule has 0 heterocycles. The molecule has 1 unspecified atom stereocenters. The van der Waals surface area contributed by atoms with E-state index in [1.807, 2.05) is 0 Å². The van der Waals surface area contributed by atoms with E-state index < -0.39 is 22.0 Å². The molecule has 0 aromatic heterocycles. The van der Waals surface area contributed by atoms with Crippen molar-refractivity contribution in [2.75, 3.05) is 5.32 Å². The predicted molar refractivity (Wildman–Crippen MR) is 60.1 cm³/mol. The predicted octanol–water partition coefficient (Wildman–Crippen LogP) is -0.380. The quantitative estimate of drug-likeness (QED) is 0.668. The molecular weight excluding hydrogens is 230 g/mol. The van der Waals surface area contributed by atoms with Crippen molar-refractivity contribution in [1.29, 1.82) is 0 Å². The molecule has 1 aromatic rings. The van der Waals surface area contributed by atoms with E-state index >= 15 is 0 Å². The topological polar surface area (TPSA) is 115 Å². The van der Waals surface area contributed by atoms with Gasteiger partial charge in [0.2, 0.25) is 15.9 Å². The number of carbonyl (C=O) groups excluding carboxylic acids is 1. The Balaban J connectivity index is 3.10. The van der Waals surface area contributed by atoms with Crippen molar-refractivity contribution in [3.8, 4) is 0 Å². The van der Waals surface area contributed by atoms with Crippen LogP contribution < -0.4 is 16.2 Å². The highest BCUT2D eigenvalue weighted by Gasteiger charge is 2.16. The van der Waals surface area contributed by atoms with Crippen LogP contribution in [-0.4, -0.2) is 20.4 Å². The molecule has 0 bridgehead atoms. The number of anilines is 1. The standard InChI is InChI=1S/C9H13N3O3S/c1-6(9(10)13)12-7-4-2-3-5-8(7)16(11,14)15/h2-6,12H,1H3,(H2,10,13)(H2,11,14,15). The van der Waals surface area contributed by atoms with Crippen molar-refractivity contribution in [3.63, 3.8) is 0 Å². The van der Waals surface area contributed by atoms with Crippen LogP contribution in [0, 0.1) is 0 Å². The lowest BCUT2D eigenvalue weighted by molar-refractivity contribution is -0.118. The Morgan fingerprint density at radius 3 is 2.44 bits per heavy atom. The first-order valence-corrected chi connectivity index (χ1v) is 6.04. The van der Waals surface area contributed by atoms with Gasteiger partial charge in [0, 0.05) is 0 Å². The molecule has 5 N–H and O–H groups in total. The molecule has 7 heteroatoms. The summed E-state index contributed by atoms with van der Waals surface area (Å²) < 4.78 is 22.5. The van der Waals surface area contributed by atoms with Gasteiger partial charge in [0.25, 0.3) is 0 Å². The molecule has 1 amide bonds. The summed E-state index contributed by atoms with van der Waals surface area (Å²) >= 11 is 0. The maximum atomic E-state index is 11.2. The number of nitrogens with one attached hydrogen (secondary N) is 1. The first-order valence-electron chi connectivity index (χ1n) is 4.50. The second kappa shape index (κ2) is 4.50. The van der Waals surface area contributed by atoms with Crippen LogP contribution in [0.15, 0.2) is 29.2 Å². The second-order valence-corrected chi connectivity index (χ2v) is 4.84. The zero-order valence-electron chi connectivity index (χ0n) is 8.67. The summed E-state index contributed by atoms with van der Waals surface area (Å²) in [6.07, 6.45) is 0. The molecule has 0 aliphatic carbocycles. The van der Waals surface area contributed by atoms with Crippen molar-refractivity contribution >= 4 is 21.6 Å². The van der Waals surface area contributed by atoms with E-state index in [0.717, 1.165) is 0 Å². The van der Waals surface area contributed by atoms with Gasteiger partial charge in [-0.2, -0.15) is 0 Å². The first kappa shape index (κ1) is 12.5. The Morgan fingerprint density at radius 2 is 1.94 bits per heavy atom. The van der Waals surface area contributed by atoms with E-state index in [0.29, 0.717) is 0 Å². The number of hydrogen-bond acceptors (Lipinski definition) is 4. The number of primary amides is 1. The minimum Gasteiger partial charge on any atom is -0.373 e. The fourth-order valence-electron chi connectivity index (χ4n) is 1.14. The number of hydrogen-bond donors (Lipinski definition) is 3. The van der Waals surface area contributed by atoms with E-state index in [-0.39, 0.29) is 10.6 Å². The van der Waals surface area contributed by atoms with Crippen molar-refractivity contribution in [1.82, 2.24) is 0 Å². The van der Waals surface area contributed by atoms with Gasteiger partial charge in [-0.15, -0.1) is 0 Å². The summed E-state index contributed by atoms with van der Waals surface area (Å²) in [7, 11) is -3.82. The van der Waals surface area contributed by atoms with Gasteiger partial charge in [0.1, 0.15) is 10.9 Å². The third kappa shape index (κ3) is 2.94. The molecule has 1 atom stereocenters. The molecule has 0 saturated heterocycles. The lowest BCUT2D eigenvalue weighted by Crippen LogP contribution is -2.33. The van der Waals surface area contributed by atoms with Gasteiger partial charge in [-0.25, -0.2) is 13.6 Å². The molecule has 1 aromatic carbocycles. The number of carbonyl (C=O) groups is 1. The molecule has 88 valence electrons. The minimum atomic E-state index is -3.82. The number of amides is 1. The number of benzene rings is 1. The molecule has 0 saturated carbocycles. The van der Waals surface area contributed by atoms with Crippen LogP contribution in [0.2, 0.25) is 0 Å². The lowest BCUT2D eigenvalue weighted by atomic mass is 10.2. The zero-order chi connectivity index (χ0) is 12.3. The minimum absolute atomic E-state index is 0.0666. The Kier molecular flexibility index (Phi) is 3.51. The highest BCUT2D eigenvalue weighted by molar-refractivity contribution is 7.89. The van der Waals surface area contributed by atoms with Gasteiger partial charge in [0.15, 0.2) is 0 Å². The van der Waals surface area contributed by atoms with E-state index in [1.165, 1.54) is 19.1 Å². The van der Waals surface area contributed by atoms with Crippen LogP contribution >= 0.6 is 0 Å². The summed E-state index contributed by atoms with van der Waals surface area (Å²) in [5, 5.41) is 7.71. The Hall–Kier alpha value is -1.60.